The Bertz CT molecular complexity index is 1700. The minimum absolute atomic E-state index is 0.0697. The quantitative estimate of drug-likeness (QED) is 0.0555. The normalized spacial score (nSPS) is 17.8. The van der Waals surface area contributed by atoms with Crippen molar-refractivity contribution in [3.05, 3.63) is 114 Å². The maximum Gasteiger partial charge on any atom is 0.259 e. The highest BCUT2D eigenvalue weighted by Gasteiger charge is 2.46. The van der Waals surface area contributed by atoms with Crippen molar-refractivity contribution in [1.29, 1.82) is 5.26 Å². The summed E-state index contributed by atoms with van der Waals surface area (Å²) in [6.45, 7) is 9.06. The molecule has 2 heterocycles. The maximum atomic E-state index is 13.6. The molecule has 0 aliphatic carbocycles. The third-order valence-corrected chi connectivity index (χ3v) is 11.4. The number of ether oxygens (including phenoxy) is 4. The van der Waals surface area contributed by atoms with E-state index in [9.17, 15) is 10.1 Å². The van der Waals surface area contributed by atoms with Gasteiger partial charge >= 0.3 is 0 Å². The van der Waals surface area contributed by atoms with E-state index in [1.807, 2.05) is 78.9 Å². The molecule has 1 saturated heterocycles. The standard InChI is InChI=1S/C41H52N5O7P/c1-29(2)46(30(3)4)54(51-24-10-22-42)53-37-25-38(40(47)44-23-21-34-26-43-28-45-34)52-39(37)27-50-41(31-11-8-7-9-12-31,32-13-17-35(48-5)18-14-32)33-15-19-36(49-6)20-16-33/h7-9,11-20,26,28-30,37-39H,10,21,23-25,27H2,1-6H3,(H,43,45)(H,44,47)/t37-,38+,39+,54?/m0/s1. The average molecular weight is 758 g/mol. The highest BCUT2D eigenvalue weighted by molar-refractivity contribution is 7.44. The Labute approximate surface area is 320 Å². The minimum Gasteiger partial charge on any atom is -0.497 e. The van der Waals surface area contributed by atoms with E-state index >= 15 is 0 Å². The van der Waals surface area contributed by atoms with E-state index in [4.69, 9.17) is 28.0 Å². The number of benzene rings is 3. The van der Waals surface area contributed by atoms with Gasteiger partial charge in [0.15, 0.2) is 0 Å². The number of hydrogen-bond donors (Lipinski definition) is 2. The molecule has 4 aromatic rings. The second-order valence-corrected chi connectivity index (χ2v) is 14.9. The SMILES string of the molecule is COc1ccc(C(OC[C@H]2O[C@@H](C(=O)NCCc3cnc[nH]3)C[C@@H]2OP(OCCC#N)N(C(C)C)C(C)C)(c2ccccc2)c2ccc(OC)cc2)cc1. The molecule has 0 bridgehead atoms. The largest absolute Gasteiger partial charge is 0.497 e. The first-order valence-corrected chi connectivity index (χ1v) is 19.5. The lowest BCUT2D eigenvalue weighted by Crippen LogP contribution is -2.40. The summed E-state index contributed by atoms with van der Waals surface area (Å²) in [5.74, 6) is 1.20. The maximum absolute atomic E-state index is 13.6. The van der Waals surface area contributed by atoms with Gasteiger partial charge in [-0.3, -0.25) is 4.79 Å². The molecule has 54 heavy (non-hydrogen) atoms. The summed E-state index contributed by atoms with van der Waals surface area (Å²) < 4.78 is 40.2. The Morgan fingerprint density at radius 1 is 0.981 bits per heavy atom. The molecule has 1 aliphatic heterocycles. The lowest BCUT2D eigenvalue weighted by atomic mass is 9.80. The topological polar surface area (TPSA) is 140 Å². The van der Waals surface area contributed by atoms with Crippen molar-refractivity contribution >= 4 is 14.4 Å². The first-order valence-electron chi connectivity index (χ1n) is 18.3. The van der Waals surface area contributed by atoms with E-state index in [0.717, 1.165) is 22.4 Å². The molecule has 288 valence electrons. The Morgan fingerprint density at radius 2 is 1.59 bits per heavy atom. The van der Waals surface area contributed by atoms with Gasteiger partial charge in [-0.05, 0) is 68.7 Å². The molecular formula is C41H52N5O7P. The Kier molecular flexibility index (Phi) is 15.0. The molecule has 1 aliphatic rings. The van der Waals surface area contributed by atoms with Crippen LogP contribution < -0.4 is 14.8 Å². The molecule has 2 N–H and O–H groups in total. The second-order valence-electron chi connectivity index (χ2n) is 13.5. The predicted octanol–water partition coefficient (Wildman–Crippen LogP) is 6.91. The lowest BCUT2D eigenvalue weighted by Gasteiger charge is -2.39. The molecule has 0 saturated carbocycles. The molecule has 0 radical (unpaired) electrons. The van der Waals surface area contributed by atoms with Gasteiger partial charge in [0.25, 0.3) is 8.53 Å². The van der Waals surface area contributed by atoms with Gasteiger partial charge in [0.05, 0.1) is 52.4 Å². The zero-order chi connectivity index (χ0) is 38.5. The van der Waals surface area contributed by atoms with E-state index in [1.165, 1.54) is 0 Å². The summed E-state index contributed by atoms with van der Waals surface area (Å²) in [5.41, 5.74) is 2.46. The number of carbonyl (C=O) groups excluding carboxylic acids is 1. The van der Waals surface area contributed by atoms with E-state index in [-0.39, 0.29) is 44.0 Å². The summed E-state index contributed by atoms with van der Waals surface area (Å²) in [4.78, 5) is 20.8. The molecule has 13 heteroatoms. The van der Waals surface area contributed by atoms with E-state index < -0.39 is 32.4 Å². The number of imidazole rings is 1. The number of methoxy groups -OCH3 is 2. The van der Waals surface area contributed by atoms with E-state index in [2.05, 4.69) is 53.7 Å². The number of hydrogen-bond acceptors (Lipinski definition) is 10. The van der Waals surface area contributed by atoms with Gasteiger partial charge in [-0.2, -0.15) is 5.26 Å². The van der Waals surface area contributed by atoms with Crippen LogP contribution >= 0.6 is 8.53 Å². The van der Waals surface area contributed by atoms with Crippen LogP contribution in [0.5, 0.6) is 11.5 Å². The van der Waals surface area contributed by atoms with Gasteiger partial charge in [0.1, 0.15) is 29.3 Å². The minimum atomic E-state index is -1.63. The third kappa shape index (κ3) is 10.0. The van der Waals surface area contributed by atoms with Crippen molar-refractivity contribution in [3.63, 3.8) is 0 Å². The number of nitriles is 1. The fourth-order valence-electron chi connectivity index (χ4n) is 6.69. The molecule has 1 unspecified atom stereocenters. The first kappa shape index (κ1) is 40.8. The highest BCUT2D eigenvalue weighted by atomic mass is 31.2. The van der Waals surface area contributed by atoms with Crippen LogP contribution in [0, 0.1) is 11.3 Å². The molecule has 12 nitrogen and oxygen atoms in total. The number of nitrogens with zero attached hydrogens (tertiary/aromatic N) is 3. The fourth-order valence-corrected chi connectivity index (χ4v) is 8.45. The number of rotatable bonds is 20. The average Bonchev–Trinajstić information content (AvgIpc) is 3.86. The Morgan fingerprint density at radius 3 is 2.13 bits per heavy atom. The van der Waals surface area contributed by atoms with Gasteiger partial charge < -0.3 is 38.3 Å². The van der Waals surface area contributed by atoms with Crippen LogP contribution in [0.3, 0.4) is 0 Å². The summed E-state index contributed by atoms with van der Waals surface area (Å²) in [6.07, 6.45) is 2.46. The number of nitrogens with one attached hydrogen (secondary N) is 2. The Balaban J connectivity index is 1.51. The number of H-pyrrole nitrogens is 1. The zero-order valence-electron chi connectivity index (χ0n) is 31.9. The van der Waals surface area contributed by atoms with Gasteiger partial charge in [-0.25, -0.2) is 9.65 Å². The van der Waals surface area contributed by atoms with Crippen molar-refractivity contribution in [2.24, 2.45) is 0 Å². The number of carbonyl (C=O) groups is 1. The van der Waals surface area contributed by atoms with E-state index in [1.54, 1.807) is 26.7 Å². The van der Waals surface area contributed by atoms with Crippen molar-refractivity contribution in [3.8, 4) is 17.6 Å². The second kappa shape index (κ2) is 19.8. The Hall–Kier alpha value is -4.34. The van der Waals surface area contributed by atoms with Crippen LogP contribution in [0.2, 0.25) is 0 Å². The van der Waals surface area contributed by atoms with Gasteiger partial charge in [-0.1, -0.05) is 54.6 Å². The van der Waals surface area contributed by atoms with Crippen LogP contribution in [0.1, 0.15) is 62.9 Å². The molecule has 1 aromatic heterocycles. The van der Waals surface area contributed by atoms with Crippen LogP contribution in [-0.4, -0.2) is 84.9 Å². The van der Waals surface area contributed by atoms with Crippen molar-refractivity contribution in [2.75, 3.05) is 34.0 Å². The molecular weight excluding hydrogens is 705 g/mol. The van der Waals surface area contributed by atoms with Crippen molar-refractivity contribution in [2.45, 2.75) is 83.0 Å². The molecule has 0 spiro atoms. The third-order valence-electron chi connectivity index (χ3n) is 9.27. The van der Waals surface area contributed by atoms with Gasteiger partial charge in [0.2, 0.25) is 5.91 Å². The van der Waals surface area contributed by atoms with Crippen LogP contribution in [0.25, 0.3) is 0 Å². The predicted molar refractivity (Wildman–Crippen MR) is 207 cm³/mol. The van der Waals surface area contributed by atoms with Crippen LogP contribution in [0.15, 0.2) is 91.4 Å². The summed E-state index contributed by atoms with van der Waals surface area (Å²) >= 11 is 0. The summed E-state index contributed by atoms with van der Waals surface area (Å²) in [6, 6.07) is 28.0. The van der Waals surface area contributed by atoms with E-state index in [0.29, 0.717) is 24.5 Å². The lowest BCUT2D eigenvalue weighted by molar-refractivity contribution is -0.135. The fraction of sp³-hybridized carbons (Fsp3) is 0.439. The summed E-state index contributed by atoms with van der Waals surface area (Å²) in [7, 11) is 1.64. The van der Waals surface area contributed by atoms with Crippen LogP contribution in [0.4, 0.5) is 0 Å². The van der Waals surface area contributed by atoms with Crippen LogP contribution in [-0.2, 0) is 35.3 Å². The smallest absolute Gasteiger partial charge is 0.259 e. The highest BCUT2D eigenvalue weighted by Crippen LogP contribution is 2.50. The summed E-state index contributed by atoms with van der Waals surface area (Å²) in [5, 5.41) is 12.3. The van der Waals surface area contributed by atoms with Gasteiger partial charge in [0, 0.05) is 43.4 Å². The zero-order valence-corrected chi connectivity index (χ0v) is 32.8. The molecule has 4 atom stereocenters. The van der Waals surface area contributed by atoms with Gasteiger partial charge in [-0.15, -0.1) is 0 Å². The molecule has 1 amide bonds. The molecule has 1 fully saturated rings. The number of amides is 1. The number of aromatic nitrogens is 2. The molecule has 3 aromatic carbocycles. The number of aromatic amines is 1. The van der Waals surface area contributed by atoms with Crippen molar-refractivity contribution < 1.29 is 32.8 Å². The monoisotopic (exact) mass is 757 g/mol. The van der Waals surface area contributed by atoms with Crippen molar-refractivity contribution in [1.82, 2.24) is 20.0 Å². The first-order chi connectivity index (χ1) is 26.2. The molecule has 5 rings (SSSR count).